The molecule has 0 bridgehead atoms. The Hall–Kier alpha value is -2.36. The van der Waals surface area contributed by atoms with Crippen LogP contribution in [0.25, 0.3) is 6.08 Å². The van der Waals surface area contributed by atoms with Gasteiger partial charge in [0.05, 0.1) is 24.2 Å². The average molecular weight is 527 g/mol. The summed E-state index contributed by atoms with van der Waals surface area (Å²) in [5.41, 5.74) is 3.02. The van der Waals surface area contributed by atoms with Crippen molar-refractivity contribution < 1.29 is 14.6 Å². The molecule has 1 amide bonds. The summed E-state index contributed by atoms with van der Waals surface area (Å²) in [5, 5.41) is 15.4. The van der Waals surface area contributed by atoms with Gasteiger partial charge in [-0.3, -0.25) is 4.79 Å². The third kappa shape index (κ3) is 6.30. The minimum Gasteiger partial charge on any atom is -0.387 e. The molecule has 5 rings (SSSR count). The van der Waals surface area contributed by atoms with Gasteiger partial charge < -0.3 is 25.0 Å². The molecule has 0 saturated carbocycles. The number of aliphatic imine (C=N–C) groups is 1. The first-order valence-electron chi connectivity index (χ1n) is 12.4. The number of aliphatic hydroxyl groups is 1. The van der Waals surface area contributed by atoms with Crippen LogP contribution < -0.4 is 10.2 Å². The number of amides is 1. The fourth-order valence-corrected chi connectivity index (χ4v) is 5.84. The molecule has 9 heteroatoms. The Kier molecular flexibility index (Phi) is 8.29. The lowest BCUT2D eigenvalue weighted by Crippen LogP contribution is -2.43. The molecule has 0 aliphatic carbocycles. The van der Waals surface area contributed by atoms with E-state index < -0.39 is 6.10 Å². The molecule has 3 aliphatic heterocycles. The van der Waals surface area contributed by atoms with Gasteiger partial charge in [-0.1, -0.05) is 35.9 Å². The quantitative estimate of drug-likeness (QED) is 0.552. The third-order valence-corrected chi connectivity index (χ3v) is 8.05. The summed E-state index contributed by atoms with van der Waals surface area (Å²) in [4.78, 5) is 21.8. The molecule has 3 aliphatic rings. The number of piperidine rings is 1. The first-order chi connectivity index (χ1) is 17.5. The summed E-state index contributed by atoms with van der Waals surface area (Å²) >= 11 is 7.49. The minimum atomic E-state index is -0.566. The number of benzene rings is 2. The number of thioether (sulfide) groups is 1. The monoisotopic (exact) mass is 526 g/mol. The van der Waals surface area contributed by atoms with Crippen LogP contribution in [-0.4, -0.2) is 73.1 Å². The second-order valence-electron chi connectivity index (χ2n) is 9.24. The van der Waals surface area contributed by atoms with E-state index in [1.54, 1.807) is 0 Å². The van der Waals surface area contributed by atoms with Crippen LogP contribution in [0, 0.1) is 0 Å². The molecule has 0 spiro atoms. The Balaban J connectivity index is 1.10. The average Bonchev–Trinajstić information content (AvgIpc) is 3.28. The van der Waals surface area contributed by atoms with Gasteiger partial charge in [-0.15, -0.1) is 0 Å². The van der Waals surface area contributed by atoms with Gasteiger partial charge in [0, 0.05) is 49.5 Å². The maximum absolute atomic E-state index is 12.4. The molecular formula is C27H31ClN4O3S. The van der Waals surface area contributed by atoms with Gasteiger partial charge in [0.1, 0.15) is 0 Å². The number of rotatable bonds is 6. The first kappa shape index (κ1) is 25.3. The number of ether oxygens (including phenoxy) is 1. The fourth-order valence-electron chi connectivity index (χ4n) is 4.67. The maximum atomic E-state index is 12.4. The zero-order valence-electron chi connectivity index (χ0n) is 20.1. The molecule has 2 fully saturated rings. The number of halogens is 1. The zero-order chi connectivity index (χ0) is 24.9. The lowest BCUT2D eigenvalue weighted by atomic mass is 10.0. The van der Waals surface area contributed by atoms with Crippen LogP contribution in [0.15, 0.2) is 58.4 Å². The Morgan fingerprint density at radius 3 is 2.58 bits per heavy atom. The molecule has 0 radical (unpaired) electrons. The summed E-state index contributed by atoms with van der Waals surface area (Å²) < 4.78 is 5.39. The molecule has 1 atom stereocenters. The largest absolute Gasteiger partial charge is 0.387 e. The highest BCUT2D eigenvalue weighted by Crippen LogP contribution is 2.31. The summed E-state index contributed by atoms with van der Waals surface area (Å²) in [6.45, 7) is 5.32. The van der Waals surface area contributed by atoms with Crippen molar-refractivity contribution in [3.8, 4) is 0 Å². The third-order valence-electron chi connectivity index (χ3n) is 6.78. The summed E-state index contributed by atoms with van der Waals surface area (Å²) in [6.07, 6.45) is 3.39. The molecule has 2 N–H and O–H groups in total. The number of carbonyl (C=O) groups is 1. The predicted octanol–water partition coefficient (Wildman–Crippen LogP) is 3.93. The van der Waals surface area contributed by atoms with E-state index in [2.05, 4.69) is 44.4 Å². The number of amidine groups is 1. The second-order valence-corrected chi connectivity index (χ2v) is 10.7. The van der Waals surface area contributed by atoms with E-state index in [1.165, 1.54) is 17.4 Å². The number of carbonyl (C=O) groups excluding carboxylic acids is 1. The Labute approximate surface area is 221 Å². The van der Waals surface area contributed by atoms with Crippen LogP contribution in [0.5, 0.6) is 0 Å². The standard InChI is InChI=1S/C27H31ClN4O3S/c28-21-3-1-2-20(17-21)24(33)18-29-22-8-10-31(11-9-22)23-6-4-19(5-7-23)16-25-26(34)30-27(36-25)32-12-14-35-15-13-32/h1-7,16-17,22,24,29,33H,8-15,18H2/t24-/m0/s1. The van der Waals surface area contributed by atoms with Crippen molar-refractivity contribution in [1.82, 2.24) is 10.2 Å². The maximum Gasteiger partial charge on any atom is 0.286 e. The number of nitrogens with zero attached hydrogens (tertiary/aromatic N) is 3. The first-order valence-corrected chi connectivity index (χ1v) is 13.6. The lowest BCUT2D eigenvalue weighted by molar-refractivity contribution is -0.113. The zero-order valence-corrected chi connectivity index (χ0v) is 21.7. The van der Waals surface area contributed by atoms with Crippen molar-refractivity contribution in [3.63, 3.8) is 0 Å². The molecule has 3 heterocycles. The normalized spacial score (nSPS) is 21.2. The van der Waals surface area contributed by atoms with Gasteiger partial charge in [-0.05, 0) is 66.1 Å². The number of aliphatic hydroxyl groups excluding tert-OH is 1. The smallest absolute Gasteiger partial charge is 0.286 e. The molecule has 7 nitrogen and oxygen atoms in total. The van der Waals surface area contributed by atoms with Gasteiger partial charge in [-0.2, -0.15) is 4.99 Å². The van der Waals surface area contributed by atoms with E-state index in [1.807, 2.05) is 30.3 Å². The van der Waals surface area contributed by atoms with E-state index in [-0.39, 0.29) is 5.91 Å². The number of nitrogens with one attached hydrogen (secondary N) is 1. The van der Waals surface area contributed by atoms with Crippen molar-refractivity contribution in [2.24, 2.45) is 4.99 Å². The van der Waals surface area contributed by atoms with E-state index in [0.29, 0.717) is 35.7 Å². The van der Waals surface area contributed by atoms with Gasteiger partial charge in [0.25, 0.3) is 5.91 Å². The van der Waals surface area contributed by atoms with Crippen LogP contribution in [0.3, 0.4) is 0 Å². The summed E-state index contributed by atoms with van der Waals surface area (Å²) in [5.74, 6) is -0.166. The number of hydrogen-bond acceptors (Lipinski definition) is 7. The van der Waals surface area contributed by atoms with Crippen molar-refractivity contribution in [1.29, 1.82) is 0 Å². The highest BCUT2D eigenvalue weighted by molar-refractivity contribution is 8.18. The van der Waals surface area contributed by atoms with Crippen LogP contribution in [0.4, 0.5) is 5.69 Å². The SMILES string of the molecule is O=C1N=C(N2CCOCC2)SC1=Cc1ccc(N2CCC(NC[C@H](O)c3cccc(Cl)c3)CC2)cc1. The number of anilines is 1. The number of hydrogen-bond donors (Lipinski definition) is 2. The number of morpholine rings is 1. The molecule has 0 aromatic heterocycles. The van der Waals surface area contributed by atoms with Crippen LogP contribution in [0.1, 0.15) is 30.1 Å². The van der Waals surface area contributed by atoms with Crippen molar-refractivity contribution in [3.05, 3.63) is 69.6 Å². The van der Waals surface area contributed by atoms with Crippen LogP contribution in [-0.2, 0) is 9.53 Å². The Bertz CT molecular complexity index is 1130. The van der Waals surface area contributed by atoms with Crippen molar-refractivity contribution in [2.75, 3.05) is 50.8 Å². The van der Waals surface area contributed by atoms with E-state index in [4.69, 9.17) is 16.3 Å². The molecule has 2 saturated heterocycles. The van der Waals surface area contributed by atoms with Crippen molar-refractivity contribution in [2.45, 2.75) is 25.0 Å². The summed E-state index contributed by atoms with van der Waals surface area (Å²) in [6, 6.07) is 16.1. The molecular weight excluding hydrogens is 496 g/mol. The lowest BCUT2D eigenvalue weighted by Gasteiger charge is -2.34. The van der Waals surface area contributed by atoms with Crippen LogP contribution in [0.2, 0.25) is 5.02 Å². The fraction of sp³-hybridized carbons (Fsp3) is 0.407. The van der Waals surface area contributed by atoms with Crippen molar-refractivity contribution >= 4 is 46.2 Å². The van der Waals surface area contributed by atoms with Gasteiger partial charge >= 0.3 is 0 Å². The van der Waals surface area contributed by atoms with Crippen LogP contribution >= 0.6 is 23.4 Å². The molecule has 36 heavy (non-hydrogen) atoms. The van der Waals surface area contributed by atoms with E-state index >= 15 is 0 Å². The minimum absolute atomic E-state index is 0.166. The Morgan fingerprint density at radius 2 is 1.86 bits per heavy atom. The molecule has 2 aromatic carbocycles. The topological polar surface area (TPSA) is 77.4 Å². The Morgan fingerprint density at radius 1 is 1.11 bits per heavy atom. The highest BCUT2D eigenvalue weighted by Gasteiger charge is 2.27. The predicted molar refractivity (Wildman–Crippen MR) is 146 cm³/mol. The summed E-state index contributed by atoms with van der Waals surface area (Å²) in [7, 11) is 0. The van der Waals surface area contributed by atoms with Gasteiger partial charge in [0.2, 0.25) is 0 Å². The molecule has 190 valence electrons. The van der Waals surface area contributed by atoms with E-state index in [0.717, 1.165) is 55.3 Å². The van der Waals surface area contributed by atoms with E-state index in [9.17, 15) is 9.90 Å². The van der Waals surface area contributed by atoms with Gasteiger partial charge in [0.15, 0.2) is 5.17 Å². The molecule has 2 aromatic rings. The molecule has 0 unspecified atom stereocenters. The second kappa shape index (κ2) is 11.8. The van der Waals surface area contributed by atoms with Gasteiger partial charge in [-0.25, -0.2) is 0 Å². The highest BCUT2D eigenvalue weighted by atomic mass is 35.5.